The third-order valence-corrected chi connectivity index (χ3v) is 5.88. The van der Waals surface area contributed by atoms with E-state index in [0.717, 1.165) is 18.3 Å². The van der Waals surface area contributed by atoms with Gasteiger partial charge >= 0.3 is 0 Å². The van der Waals surface area contributed by atoms with Gasteiger partial charge in [0.1, 0.15) is 5.72 Å². The van der Waals surface area contributed by atoms with Gasteiger partial charge in [0.05, 0.1) is 6.61 Å². The minimum Gasteiger partial charge on any atom is -0.359 e. The number of rotatable bonds is 1. The summed E-state index contributed by atoms with van der Waals surface area (Å²) in [5.41, 5.74) is 0.507. The average Bonchev–Trinajstić information content (AvgIpc) is 2.64. The van der Waals surface area contributed by atoms with E-state index in [1.807, 2.05) is 11.8 Å². The maximum absolute atomic E-state index is 6.23. The molecule has 0 aromatic heterocycles. The Labute approximate surface area is 103 Å². The summed E-state index contributed by atoms with van der Waals surface area (Å²) >= 11 is 2.03. The van der Waals surface area contributed by atoms with Gasteiger partial charge in [-0.1, -0.05) is 20.3 Å². The lowest BCUT2D eigenvalue weighted by atomic mass is 9.61. The summed E-state index contributed by atoms with van der Waals surface area (Å²) in [5.74, 6) is 3.13. The first-order chi connectivity index (χ1) is 7.66. The second-order valence-electron chi connectivity index (χ2n) is 6.17. The molecule has 0 radical (unpaired) electrons. The van der Waals surface area contributed by atoms with Crippen LogP contribution in [0.15, 0.2) is 0 Å². The van der Waals surface area contributed by atoms with Crippen molar-refractivity contribution in [1.82, 2.24) is 5.32 Å². The lowest BCUT2D eigenvalue weighted by Crippen LogP contribution is -2.68. The highest BCUT2D eigenvalue weighted by Gasteiger charge is 2.54. The first-order valence-corrected chi connectivity index (χ1v) is 7.81. The smallest absolute Gasteiger partial charge is 0.129 e. The van der Waals surface area contributed by atoms with Crippen molar-refractivity contribution >= 4 is 11.8 Å². The molecule has 2 atom stereocenters. The van der Waals surface area contributed by atoms with Crippen LogP contribution < -0.4 is 5.32 Å². The van der Waals surface area contributed by atoms with Gasteiger partial charge in [-0.3, -0.25) is 5.32 Å². The minimum atomic E-state index is 0.0282. The van der Waals surface area contributed by atoms with E-state index < -0.39 is 0 Å². The Morgan fingerprint density at radius 3 is 2.62 bits per heavy atom. The summed E-state index contributed by atoms with van der Waals surface area (Å²) in [6, 6.07) is 0.675. The molecule has 1 saturated carbocycles. The SMILES string of the molecule is CC(C)C1NC2(CCSC2)OCC12CCC2. The van der Waals surface area contributed by atoms with Gasteiger partial charge in [0.2, 0.25) is 0 Å². The molecule has 3 rings (SSSR count). The predicted molar refractivity (Wildman–Crippen MR) is 68.7 cm³/mol. The number of hydrogen-bond acceptors (Lipinski definition) is 3. The van der Waals surface area contributed by atoms with Crippen LogP contribution in [0.5, 0.6) is 0 Å². The van der Waals surface area contributed by atoms with Crippen LogP contribution in [0.4, 0.5) is 0 Å². The molecule has 92 valence electrons. The average molecular weight is 241 g/mol. The van der Waals surface area contributed by atoms with E-state index in [-0.39, 0.29) is 5.72 Å². The van der Waals surface area contributed by atoms with Crippen molar-refractivity contribution in [1.29, 1.82) is 0 Å². The van der Waals surface area contributed by atoms with Crippen molar-refractivity contribution in [2.75, 3.05) is 18.1 Å². The van der Waals surface area contributed by atoms with Crippen LogP contribution in [0.25, 0.3) is 0 Å². The Morgan fingerprint density at radius 2 is 2.12 bits per heavy atom. The molecular formula is C13H23NOS. The second kappa shape index (κ2) is 3.89. The first-order valence-electron chi connectivity index (χ1n) is 6.65. The maximum Gasteiger partial charge on any atom is 0.129 e. The topological polar surface area (TPSA) is 21.3 Å². The molecule has 2 spiro atoms. The van der Waals surface area contributed by atoms with Crippen molar-refractivity contribution < 1.29 is 4.74 Å². The van der Waals surface area contributed by atoms with Gasteiger partial charge in [0, 0.05) is 17.2 Å². The fraction of sp³-hybridized carbons (Fsp3) is 1.00. The van der Waals surface area contributed by atoms with Crippen LogP contribution in [0, 0.1) is 11.3 Å². The highest BCUT2D eigenvalue weighted by molar-refractivity contribution is 7.99. The molecule has 2 unspecified atom stereocenters. The van der Waals surface area contributed by atoms with Gasteiger partial charge in [-0.25, -0.2) is 0 Å². The van der Waals surface area contributed by atoms with Gasteiger partial charge in [0.25, 0.3) is 0 Å². The number of thioether (sulfide) groups is 1. The molecule has 1 N–H and O–H groups in total. The molecule has 0 aromatic rings. The second-order valence-corrected chi connectivity index (χ2v) is 7.27. The van der Waals surface area contributed by atoms with Crippen LogP contribution in [-0.2, 0) is 4.74 Å². The number of ether oxygens (including phenoxy) is 1. The van der Waals surface area contributed by atoms with Crippen molar-refractivity contribution in [3.05, 3.63) is 0 Å². The summed E-state index contributed by atoms with van der Waals surface area (Å²) in [7, 11) is 0. The monoisotopic (exact) mass is 241 g/mol. The van der Waals surface area contributed by atoms with Crippen molar-refractivity contribution in [3.8, 4) is 0 Å². The fourth-order valence-corrected chi connectivity index (χ4v) is 4.84. The largest absolute Gasteiger partial charge is 0.359 e. The van der Waals surface area contributed by atoms with Crippen LogP contribution in [0.1, 0.15) is 39.5 Å². The molecule has 2 nitrogen and oxygen atoms in total. The zero-order valence-corrected chi connectivity index (χ0v) is 11.2. The number of hydrogen-bond donors (Lipinski definition) is 1. The predicted octanol–water partition coefficient (Wildman–Crippen LogP) is 2.63. The zero-order chi connectivity index (χ0) is 11.2. The third kappa shape index (κ3) is 1.63. The molecule has 3 aliphatic rings. The molecular weight excluding hydrogens is 218 g/mol. The standard InChI is InChI=1S/C13H23NOS/c1-10(2)11-12(4-3-5-12)8-15-13(14-11)6-7-16-9-13/h10-11,14H,3-9H2,1-2H3. The van der Waals surface area contributed by atoms with E-state index in [0.29, 0.717) is 11.5 Å². The quantitative estimate of drug-likeness (QED) is 0.762. The maximum atomic E-state index is 6.23. The minimum absolute atomic E-state index is 0.0282. The van der Waals surface area contributed by atoms with Crippen molar-refractivity contribution in [2.24, 2.45) is 11.3 Å². The fourth-order valence-electron chi connectivity index (χ4n) is 3.58. The molecule has 1 aliphatic carbocycles. The first kappa shape index (κ1) is 11.4. The highest BCUT2D eigenvalue weighted by atomic mass is 32.2. The summed E-state index contributed by atoms with van der Waals surface area (Å²) in [5, 5.41) is 3.88. The summed E-state index contributed by atoms with van der Waals surface area (Å²) in [6.45, 7) is 5.72. The molecule has 2 aliphatic heterocycles. The Kier molecular flexibility index (Phi) is 2.76. The van der Waals surface area contributed by atoms with E-state index >= 15 is 0 Å². The molecule has 3 fully saturated rings. The van der Waals surface area contributed by atoms with E-state index in [1.54, 1.807) is 0 Å². The van der Waals surface area contributed by atoms with Gasteiger partial charge in [-0.05, 0) is 30.9 Å². The summed E-state index contributed by atoms with van der Waals surface area (Å²) in [6.07, 6.45) is 5.32. The Morgan fingerprint density at radius 1 is 1.31 bits per heavy atom. The van der Waals surface area contributed by atoms with Crippen LogP contribution >= 0.6 is 11.8 Å². The zero-order valence-electron chi connectivity index (χ0n) is 10.4. The van der Waals surface area contributed by atoms with E-state index in [1.165, 1.54) is 31.4 Å². The summed E-state index contributed by atoms with van der Waals surface area (Å²) in [4.78, 5) is 0. The Hall–Kier alpha value is 0.270. The van der Waals surface area contributed by atoms with Gasteiger partial charge in [-0.15, -0.1) is 0 Å². The molecule has 0 aromatic carbocycles. The Bertz CT molecular complexity index is 269. The molecule has 0 bridgehead atoms. The van der Waals surface area contributed by atoms with E-state index in [9.17, 15) is 0 Å². The van der Waals surface area contributed by atoms with Crippen LogP contribution in [-0.4, -0.2) is 29.9 Å². The van der Waals surface area contributed by atoms with Crippen LogP contribution in [0.2, 0.25) is 0 Å². The summed E-state index contributed by atoms with van der Waals surface area (Å²) < 4.78 is 6.23. The lowest BCUT2D eigenvalue weighted by molar-refractivity contribution is -0.184. The normalized spacial score (nSPS) is 41.8. The molecule has 2 saturated heterocycles. The molecule has 0 amide bonds. The van der Waals surface area contributed by atoms with E-state index in [2.05, 4.69) is 19.2 Å². The lowest BCUT2D eigenvalue weighted by Gasteiger charge is -2.57. The van der Waals surface area contributed by atoms with E-state index in [4.69, 9.17) is 4.74 Å². The third-order valence-electron chi connectivity index (χ3n) is 4.72. The number of nitrogens with one attached hydrogen (secondary N) is 1. The Balaban J connectivity index is 1.78. The van der Waals surface area contributed by atoms with Gasteiger partial charge in [-0.2, -0.15) is 11.8 Å². The molecule has 2 heterocycles. The molecule has 16 heavy (non-hydrogen) atoms. The van der Waals surface area contributed by atoms with Crippen LogP contribution in [0.3, 0.4) is 0 Å². The van der Waals surface area contributed by atoms with Gasteiger partial charge in [0.15, 0.2) is 0 Å². The van der Waals surface area contributed by atoms with Gasteiger partial charge < -0.3 is 4.74 Å². The highest BCUT2D eigenvalue weighted by Crippen LogP contribution is 2.50. The molecule has 3 heteroatoms. The van der Waals surface area contributed by atoms with Crippen molar-refractivity contribution in [2.45, 2.75) is 51.3 Å². The van der Waals surface area contributed by atoms with Crippen molar-refractivity contribution in [3.63, 3.8) is 0 Å².